The van der Waals surface area contributed by atoms with Crippen molar-refractivity contribution in [2.45, 2.75) is 18.7 Å². The van der Waals surface area contributed by atoms with E-state index < -0.39 is 29.2 Å². The molecule has 2 aromatic rings. The average molecular weight is 411 g/mol. The summed E-state index contributed by atoms with van der Waals surface area (Å²) >= 11 is 0. The monoisotopic (exact) mass is 411 g/mol. The van der Waals surface area contributed by atoms with E-state index in [-0.39, 0.29) is 18.8 Å². The molecule has 0 saturated heterocycles. The van der Waals surface area contributed by atoms with Gasteiger partial charge in [-0.15, -0.1) is 0 Å². The molecular weight excluding hydrogens is 391 g/mol. The standard InChI is InChI=1S/C20H20F3NO5/c1-3-24(17(25)13-29-16-7-5-4-6-8-16)15-11-9-14(10-12-15)19(27,18(26)28-2)20(21,22)23/h4-12,27H,3,13H2,1-2H3. The summed E-state index contributed by atoms with van der Waals surface area (Å²) in [5, 5.41) is 9.99. The summed E-state index contributed by atoms with van der Waals surface area (Å²) < 4.78 is 49.4. The molecule has 2 rings (SSSR count). The Morgan fingerprint density at radius 3 is 2.10 bits per heavy atom. The van der Waals surface area contributed by atoms with E-state index in [2.05, 4.69) is 4.74 Å². The van der Waals surface area contributed by atoms with Crippen LogP contribution in [0.25, 0.3) is 0 Å². The van der Waals surface area contributed by atoms with Gasteiger partial charge in [-0.1, -0.05) is 30.3 Å². The minimum atomic E-state index is -5.29. The van der Waals surface area contributed by atoms with E-state index in [9.17, 15) is 27.9 Å². The van der Waals surface area contributed by atoms with E-state index >= 15 is 0 Å². The van der Waals surface area contributed by atoms with E-state index in [0.717, 1.165) is 19.2 Å². The van der Waals surface area contributed by atoms with Gasteiger partial charge in [0.15, 0.2) is 6.61 Å². The molecule has 0 radical (unpaired) electrons. The molecule has 0 bridgehead atoms. The molecule has 9 heteroatoms. The van der Waals surface area contributed by atoms with E-state index in [1.165, 1.54) is 17.0 Å². The van der Waals surface area contributed by atoms with Crippen molar-refractivity contribution in [3.05, 3.63) is 60.2 Å². The lowest BCUT2D eigenvalue weighted by Gasteiger charge is -2.28. The SMILES string of the molecule is CCN(C(=O)COc1ccccc1)c1ccc(C(O)(C(=O)OC)C(F)(F)F)cc1. The third kappa shape index (κ3) is 4.68. The van der Waals surface area contributed by atoms with Gasteiger partial charge in [0, 0.05) is 17.8 Å². The predicted molar refractivity (Wildman–Crippen MR) is 98.4 cm³/mol. The van der Waals surface area contributed by atoms with Crippen molar-refractivity contribution in [2.24, 2.45) is 0 Å². The van der Waals surface area contributed by atoms with Gasteiger partial charge in [0.25, 0.3) is 11.5 Å². The Labute approximate surface area is 165 Å². The third-order valence-corrected chi connectivity index (χ3v) is 4.21. The fraction of sp³-hybridized carbons (Fsp3) is 0.300. The maximum Gasteiger partial charge on any atom is 0.432 e. The van der Waals surface area contributed by atoms with Crippen LogP contribution in [0.15, 0.2) is 54.6 Å². The first-order chi connectivity index (χ1) is 13.6. The van der Waals surface area contributed by atoms with E-state index in [1.807, 2.05) is 0 Å². The maximum atomic E-state index is 13.3. The fourth-order valence-corrected chi connectivity index (χ4v) is 2.67. The summed E-state index contributed by atoms with van der Waals surface area (Å²) in [6.45, 7) is 1.65. The number of carbonyl (C=O) groups is 2. The number of amides is 1. The number of methoxy groups -OCH3 is 1. The maximum absolute atomic E-state index is 13.3. The fourth-order valence-electron chi connectivity index (χ4n) is 2.67. The van der Waals surface area contributed by atoms with Crippen LogP contribution in [0.5, 0.6) is 5.75 Å². The summed E-state index contributed by atoms with van der Waals surface area (Å²) in [5.41, 5.74) is -4.24. The normalized spacial score (nSPS) is 13.3. The zero-order valence-electron chi connectivity index (χ0n) is 15.8. The Morgan fingerprint density at radius 2 is 1.62 bits per heavy atom. The molecule has 0 aliphatic carbocycles. The van der Waals surface area contributed by atoms with Gasteiger partial charge in [0.2, 0.25) is 0 Å². The van der Waals surface area contributed by atoms with Gasteiger partial charge in [-0.05, 0) is 31.2 Å². The number of ether oxygens (including phenoxy) is 2. The molecule has 156 valence electrons. The molecule has 0 aromatic heterocycles. The van der Waals surface area contributed by atoms with Crippen LogP contribution in [0.3, 0.4) is 0 Å². The number of hydrogen-bond donors (Lipinski definition) is 1. The number of esters is 1. The summed E-state index contributed by atoms with van der Waals surface area (Å²) in [4.78, 5) is 25.4. The zero-order valence-corrected chi connectivity index (χ0v) is 15.8. The molecule has 0 saturated carbocycles. The number of anilines is 1. The number of nitrogens with zero attached hydrogens (tertiary/aromatic N) is 1. The molecular formula is C20H20F3NO5. The summed E-state index contributed by atoms with van der Waals surface area (Å²) in [6.07, 6.45) is -5.29. The van der Waals surface area contributed by atoms with Gasteiger partial charge in [0.1, 0.15) is 5.75 Å². The molecule has 29 heavy (non-hydrogen) atoms. The molecule has 1 unspecified atom stereocenters. The molecule has 1 amide bonds. The van der Waals surface area contributed by atoms with Gasteiger partial charge in [-0.2, -0.15) is 13.2 Å². The predicted octanol–water partition coefficient (Wildman–Crippen LogP) is 3.04. The van der Waals surface area contributed by atoms with Gasteiger partial charge in [0.05, 0.1) is 7.11 Å². The van der Waals surface area contributed by atoms with E-state index in [4.69, 9.17) is 4.74 Å². The highest BCUT2D eigenvalue weighted by atomic mass is 19.4. The molecule has 1 atom stereocenters. The number of halogens is 3. The molecule has 0 spiro atoms. The van der Waals surface area contributed by atoms with Gasteiger partial charge in [-0.3, -0.25) is 4.79 Å². The van der Waals surface area contributed by atoms with E-state index in [1.54, 1.807) is 37.3 Å². The first-order valence-corrected chi connectivity index (χ1v) is 8.61. The molecule has 0 aliphatic heterocycles. The highest BCUT2D eigenvalue weighted by Gasteiger charge is 2.62. The summed E-state index contributed by atoms with van der Waals surface area (Å²) in [5.74, 6) is -1.76. The number of likely N-dealkylation sites (N-methyl/N-ethyl adjacent to an activating group) is 1. The summed E-state index contributed by atoms with van der Waals surface area (Å²) in [7, 11) is 0.748. The Balaban J connectivity index is 2.22. The molecule has 0 aliphatic rings. The molecule has 6 nitrogen and oxygen atoms in total. The van der Waals surface area contributed by atoms with E-state index in [0.29, 0.717) is 5.75 Å². The number of benzene rings is 2. The second-order valence-electron chi connectivity index (χ2n) is 5.99. The van der Waals surface area contributed by atoms with Crippen LogP contribution in [-0.2, 0) is 19.9 Å². The zero-order chi connectivity index (χ0) is 21.7. The second kappa shape index (κ2) is 8.95. The minimum Gasteiger partial charge on any atom is -0.484 e. The van der Waals surface area contributed by atoms with Crippen LogP contribution in [0.4, 0.5) is 18.9 Å². The Kier molecular flexibility index (Phi) is 6.86. The Bertz CT molecular complexity index is 839. The number of para-hydroxylation sites is 1. The first kappa shape index (κ1) is 22.2. The van der Waals surface area contributed by atoms with Crippen LogP contribution in [0, 0.1) is 0 Å². The van der Waals surface area contributed by atoms with Gasteiger partial charge < -0.3 is 19.5 Å². The highest BCUT2D eigenvalue weighted by Crippen LogP contribution is 2.40. The number of rotatable bonds is 7. The van der Waals surface area contributed by atoms with Crippen molar-refractivity contribution in [3.63, 3.8) is 0 Å². The van der Waals surface area contributed by atoms with Crippen molar-refractivity contribution in [1.29, 1.82) is 0 Å². The number of hydrogen-bond acceptors (Lipinski definition) is 5. The van der Waals surface area contributed by atoms with Crippen molar-refractivity contribution >= 4 is 17.6 Å². The van der Waals surface area contributed by atoms with Crippen LogP contribution in [0.2, 0.25) is 0 Å². The van der Waals surface area contributed by atoms with Crippen LogP contribution < -0.4 is 9.64 Å². The number of alkyl halides is 3. The Hall–Kier alpha value is -3.07. The highest BCUT2D eigenvalue weighted by molar-refractivity contribution is 5.94. The van der Waals surface area contributed by atoms with Crippen LogP contribution in [0.1, 0.15) is 12.5 Å². The second-order valence-corrected chi connectivity index (χ2v) is 5.99. The third-order valence-electron chi connectivity index (χ3n) is 4.21. The lowest BCUT2D eigenvalue weighted by molar-refractivity contribution is -0.266. The largest absolute Gasteiger partial charge is 0.484 e. The minimum absolute atomic E-state index is 0.233. The number of carbonyl (C=O) groups excluding carboxylic acids is 2. The molecule has 2 aromatic carbocycles. The lowest BCUT2D eigenvalue weighted by Crippen LogP contribution is -2.49. The summed E-state index contributed by atoms with van der Waals surface area (Å²) in [6, 6.07) is 12.9. The molecule has 0 heterocycles. The topological polar surface area (TPSA) is 76.1 Å². The average Bonchev–Trinajstić information content (AvgIpc) is 2.72. The van der Waals surface area contributed by atoms with Crippen molar-refractivity contribution in [1.82, 2.24) is 0 Å². The first-order valence-electron chi connectivity index (χ1n) is 8.61. The van der Waals surface area contributed by atoms with Crippen molar-refractivity contribution in [2.75, 3.05) is 25.2 Å². The van der Waals surface area contributed by atoms with Crippen LogP contribution in [-0.4, -0.2) is 43.4 Å². The quantitative estimate of drug-likeness (QED) is 0.709. The molecule has 0 fully saturated rings. The Morgan fingerprint density at radius 1 is 1.03 bits per heavy atom. The van der Waals surface area contributed by atoms with Gasteiger partial charge in [-0.25, -0.2) is 4.79 Å². The number of aliphatic hydroxyl groups is 1. The van der Waals surface area contributed by atoms with Crippen LogP contribution >= 0.6 is 0 Å². The smallest absolute Gasteiger partial charge is 0.432 e. The van der Waals surface area contributed by atoms with Gasteiger partial charge >= 0.3 is 12.1 Å². The van der Waals surface area contributed by atoms with Crippen molar-refractivity contribution in [3.8, 4) is 5.75 Å². The van der Waals surface area contributed by atoms with Crippen molar-refractivity contribution < 1.29 is 37.3 Å². The lowest BCUT2D eigenvalue weighted by atomic mass is 9.93. The molecule has 1 N–H and O–H groups in total.